The Balaban J connectivity index is 1.24. The van der Waals surface area contributed by atoms with Crippen molar-refractivity contribution >= 4 is 34.8 Å². The van der Waals surface area contributed by atoms with Gasteiger partial charge in [0.05, 0.1) is 9.75 Å². The number of fused-ring (bicyclic) bond motifs is 2. The molecule has 0 aromatic carbocycles. The zero-order chi connectivity index (χ0) is 20.8. The van der Waals surface area contributed by atoms with Crippen molar-refractivity contribution in [1.29, 1.82) is 0 Å². The third kappa shape index (κ3) is 3.60. The summed E-state index contributed by atoms with van der Waals surface area (Å²) in [4.78, 5) is 43.9. The number of nitrogens with one attached hydrogen (secondary N) is 1. The van der Waals surface area contributed by atoms with Gasteiger partial charge in [0.1, 0.15) is 5.82 Å². The smallest absolute Gasteiger partial charge is 0.261 e. The number of rotatable bonds is 6. The summed E-state index contributed by atoms with van der Waals surface area (Å²) in [5.74, 6) is 0.681. The molecule has 30 heavy (non-hydrogen) atoms. The molecule has 2 aromatic rings. The number of Topliss-reactive ketones (excluding diaryl/α,β-unsaturated/α-hetero) is 1. The number of hydrogen-bond donors (Lipinski definition) is 2. The first-order chi connectivity index (χ1) is 14.5. The number of pyridine rings is 1. The van der Waals surface area contributed by atoms with Crippen molar-refractivity contribution in [2.24, 2.45) is 11.7 Å². The largest absolute Gasteiger partial charge is 0.365 e. The standard InChI is InChI=1S/C22H24N4O3S/c23-21(28)17-6-7-18(30-17)22(29)25-14-9-15-4-5-16(10-14)26(15)19-8-3-13(11-24-19)20(27)12-1-2-12/h3,6-8,11-12,14-16H,1-2,4-5,9-10H2,(H2,23,28)(H,25,29). The van der Waals surface area contributed by atoms with Crippen molar-refractivity contribution in [1.82, 2.24) is 10.3 Å². The fraction of sp³-hybridized carbons (Fsp3) is 0.455. The molecule has 5 rings (SSSR count). The number of thiophene rings is 1. The number of primary amides is 1. The van der Waals surface area contributed by atoms with E-state index in [4.69, 9.17) is 5.73 Å². The molecule has 3 fully saturated rings. The predicted molar refractivity (Wildman–Crippen MR) is 114 cm³/mol. The molecule has 156 valence electrons. The lowest BCUT2D eigenvalue weighted by atomic mass is 9.97. The van der Waals surface area contributed by atoms with Crippen molar-refractivity contribution in [2.45, 2.75) is 56.7 Å². The van der Waals surface area contributed by atoms with E-state index in [-0.39, 0.29) is 23.7 Å². The topological polar surface area (TPSA) is 105 Å². The normalized spacial score (nSPS) is 25.2. The van der Waals surface area contributed by atoms with Crippen LogP contribution in [0.25, 0.3) is 0 Å². The monoisotopic (exact) mass is 424 g/mol. The van der Waals surface area contributed by atoms with E-state index < -0.39 is 5.91 Å². The molecule has 7 nitrogen and oxygen atoms in total. The summed E-state index contributed by atoms with van der Waals surface area (Å²) in [6.45, 7) is 0. The van der Waals surface area contributed by atoms with Gasteiger partial charge in [0.15, 0.2) is 5.78 Å². The second-order valence-electron chi connectivity index (χ2n) is 8.51. The molecular formula is C22H24N4O3S. The number of ketones is 1. The maximum Gasteiger partial charge on any atom is 0.261 e. The van der Waals surface area contributed by atoms with Crippen LogP contribution in [0, 0.1) is 5.92 Å². The number of hydrogen-bond acceptors (Lipinski definition) is 6. The molecule has 4 heterocycles. The minimum atomic E-state index is -0.511. The summed E-state index contributed by atoms with van der Waals surface area (Å²) in [6.07, 6.45) is 7.59. The zero-order valence-corrected chi connectivity index (χ0v) is 17.4. The summed E-state index contributed by atoms with van der Waals surface area (Å²) in [6, 6.07) is 7.88. The van der Waals surface area contributed by atoms with E-state index in [1.807, 2.05) is 12.1 Å². The lowest BCUT2D eigenvalue weighted by molar-refractivity contribution is 0.0929. The highest BCUT2D eigenvalue weighted by atomic mass is 32.1. The Morgan fingerprint density at radius 2 is 1.70 bits per heavy atom. The second kappa shape index (κ2) is 7.50. The number of nitrogens with two attached hydrogens (primary N) is 1. The first-order valence-electron chi connectivity index (χ1n) is 10.5. The van der Waals surface area contributed by atoms with Gasteiger partial charge in [-0.2, -0.15) is 0 Å². The van der Waals surface area contributed by atoms with Crippen LogP contribution in [0.4, 0.5) is 5.82 Å². The second-order valence-corrected chi connectivity index (χ2v) is 9.59. The number of aromatic nitrogens is 1. The number of carbonyl (C=O) groups excluding carboxylic acids is 3. The van der Waals surface area contributed by atoms with Gasteiger partial charge in [0, 0.05) is 35.8 Å². The molecule has 1 aliphatic carbocycles. The summed E-state index contributed by atoms with van der Waals surface area (Å²) in [5.41, 5.74) is 5.99. The Bertz CT molecular complexity index is 984. The molecule has 3 N–H and O–H groups in total. The Morgan fingerprint density at radius 3 is 2.27 bits per heavy atom. The molecule has 2 saturated heterocycles. The minimum absolute atomic E-state index is 0.0982. The molecule has 1 saturated carbocycles. The van der Waals surface area contributed by atoms with Crippen LogP contribution >= 0.6 is 11.3 Å². The lowest BCUT2D eigenvalue weighted by Gasteiger charge is -2.40. The Kier molecular flexibility index (Phi) is 4.81. The molecule has 8 heteroatoms. The third-order valence-electron chi connectivity index (χ3n) is 6.39. The summed E-state index contributed by atoms with van der Waals surface area (Å²) >= 11 is 1.13. The van der Waals surface area contributed by atoms with Crippen LogP contribution in [0.3, 0.4) is 0 Å². The van der Waals surface area contributed by atoms with Gasteiger partial charge >= 0.3 is 0 Å². The summed E-state index contributed by atoms with van der Waals surface area (Å²) in [7, 11) is 0. The van der Waals surface area contributed by atoms with Gasteiger partial charge in [-0.1, -0.05) is 0 Å². The number of anilines is 1. The van der Waals surface area contributed by atoms with Crippen molar-refractivity contribution < 1.29 is 14.4 Å². The van der Waals surface area contributed by atoms with E-state index in [1.165, 1.54) is 0 Å². The summed E-state index contributed by atoms with van der Waals surface area (Å²) < 4.78 is 0. The van der Waals surface area contributed by atoms with Gasteiger partial charge < -0.3 is 16.0 Å². The molecule has 0 spiro atoms. The van der Waals surface area contributed by atoms with Crippen LogP contribution in [-0.4, -0.2) is 40.7 Å². The quantitative estimate of drug-likeness (QED) is 0.694. The highest BCUT2D eigenvalue weighted by molar-refractivity contribution is 7.15. The average molecular weight is 425 g/mol. The SMILES string of the molecule is NC(=O)c1ccc(C(=O)NC2CC3CCC(C2)N3c2ccc(C(=O)C3CC3)cn2)s1. The number of piperidine rings is 1. The van der Waals surface area contributed by atoms with Crippen molar-refractivity contribution in [3.63, 3.8) is 0 Å². The van der Waals surface area contributed by atoms with Crippen molar-refractivity contribution in [2.75, 3.05) is 4.90 Å². The Labute approximate surface area is 178 Å². The molecule has 2 bridgehead atoms. The van der Waals surface area contributed by atoms with E-state index >= 15 is 0 Å². The first kappa shape index (κ1) is 19.2. The van der Waals surface area contributed by atoms with E-state index in [1.54, 1.807) is 18.3 Å². The molecule has 0 radical (unpaired) electrons. The van der Waals surface area contributed by atoms with Gasteiger partial charge in [-0.3, -0.25) is 14.4 Å². The molecular weight excluding hydrogens is 400 g/mol. The maximum absolute atomic E-state index is 12.6. The fourth-order valence-corrected chi connectivity index (χ4v) is 5.54. The maximum atomic E-state index is 12.6. The molecule has 2 aromatic heterocycles. The van der Waals surface area contributed by atoms with Gasteiger partial charge in [-0.15, -0.1) is 11.3 Å². The van der Waals surface area contributed by atoms with E-state index in [9.17, 15) is 14.4 Å². The van der Waals surface area contributed by atoms with Crippen LogP contribution in [-0.2, 0) is 0 Å². The van der Waals surface area contributed by atoms with Crippen LogP contribution in [0.15, 0.2) is 30.5 Å². The molecule has 2 amide bonds. The number of amides is 2. The molecule has 2 atom stereocenters. The Hall–Kier alpha value is -2.74. The van der Waals surface area contributed by atoms with Crippen molar-refractivity contribution in [3.05, 3.63) is 45.8 Å². The lowest BCUT2D eigenvalue weighted by Crippen LogP contribution is -2.50. The van der Waals surface area contributed by atoms with E-state index in [0.717, 1.165) is 55.7 Å². The van der Waals surface area contributed by atoms with E-state index in [0.29, 0.717) is 27.4 Å². The van der Waals surface area contributed by atoms with Gasteiger partial charge in [-0.25, -0.2) is 4.98 Å². The van der Waals surface area contributed by atoms with Gasteiger partial charge in [-0.05, 0) is 62.8 Å². The Morgan fingerprint density at radius 1 is 1.00 bits per heavy atom. The first-order valence-corrected chi connectivity index (χ1v) is 11.3. The van der Waals surface area contributed by atoms with Crippen molar-refractivity contribution in [3.8, 4) is 0 Å². The van der Waals surface area contributed by atoms with Gasteiger partial charge in [0.25, 0.3) is 11.8 Å². The minimum Gasteiger partial charge on any atom is -0.365 e. The highest BCUT2D eigenvalue weighted by Crippen LogP contribution is 2.39. The highest BCUT2D eigenvalue weighted by Gasteiger charge is 2.42. The van der Waals surface area contributed by atoms with Gasteiger partial charge in [0.2, 0.25) is 0 Å². The van der Waals surface area contributed by atoms with Crippen LogP contribution in [0.1, 0.15) is 68.2 Å². The van der Waals surface area contributed by atoms with E-state index in [2.05, 4.69) is 15.2 Å². The molecule has 3 aliphatic rings. The van der Waals surface area contributed by atoms with Crippen LogP contribution in [0.2, 0.25) is 0 Å². The third-order valence-corrected chi connectivity index (χ3v) is 7.48. The van der Waals surface area contributed by atoms with Crippen LogP contribution < -0.4 is 16.0 Å². The fourth-order valence-electron chi connectivity index (χ4n) is 4.78. The number of nitrogens with zero attached hydrogens (tertiary/aromatic N) is 2. The zero-order valence-electron chi connectivity index (χ0n) is 16.5. The molecule has 2 unspecified atom stereocenters. The van der Waals surface area contributed by atoms with Crippen LogP contribution in [0.5, 0.6) is 0 Å². The average Bonchev–Trinajstić information content (AvgIpc) is 3.39. The summed E-state index contributed by atoms with van der Waals surface area (Å²) in [5, 5.41) is 3.13. The number of carbonyl (C=O) groups is 3. The predicted octanol–water partition coefficient (Wildman–Crippen LogP) is 2.76. The molecule has 2 aliphatic heterocycles.